The summed E-state index contributed by atoms with van der Waals surface area (Å²) in [5, 5.41) is 3.22. The van der Waals surface area contributed by atoms with Crippen molar-refractivity contribution in [1.29, 1.82) is 0 Å². The Morgan fingerprint density at radius 1 is 1.33 bits per heavy atom. The average molecular weight is 334 g/mol. The molecule has 24 heavy (non-hydrogen) atoms. The number of piperidine rings is 1. The van der Waals surface area contributed by atoms with E-state index in [0.29, 0.717) is 5.92 Å². The van der Waals surface area contributed by atoms with Crippen molar-refractivity contribution in [3.05, 3.63) is 18.2 Å². The Labute approximate surface area is 144 Å². The zero-order valence-electron chi connectivity index (χ0n) is 15.0. The highest BCUT2D eigenvalue weighted by molar-refractivity contribution is 5.74. The predicted molar refractivity (Wildman–Crippen MR) is 92.9 cm³/mol. The minimum Gasteiger partial charge on any atom is -0.378 e. The first-order chi connectivity index (χ1) is 11.4. The van der Waals surface area contributed by atoms with Crippen molar-refractivity contribution in [3.8, 4) is 0 Å². The van der Waals surface area contributed by atoms with Gasteiger partial charge in [0, 0.05) is 44.0 Å². The molecule has 0 bridgehead atoms. The van der Waals surface area contributed by atoms with Crippen molar-refractivity contribution in [2.24, 2.45) is 5.41 Å². The number of likely N-dealkylation sites (tertiary alicyclic amines) is 1. The van der Waals surface area contributed by atoms with E-state index in [-0.39, 0.29) is 23.6 Å². The standard InChI is InChI=1S/C18H30N4O2/c1-18(2,3)15-12-14(6-11-24-15)21-17(23)22-9-4-13(5-10-22)16-19-7-8-20-16/h7-8,13-15H,4-6,9-12H2,1-3H3,(H,19,20)(H,21,23). The summed E-state index contributed by atoms with van der Waals surface area (Å²) in [6, 6.07) is 0.297. The number of rotatable bonds is 2. The molecule has 134 valence electrons. The van der Waals surface area contributed by atoms with Crippen LogP contribution in [-0.2, 0) is 4.74 Å². The molecule has 2 unspecified atom stereocenters. The number of carbonyl (C=O) groups excluding carboxylic acids is 1. The number of nitrogens with zero attached hydrogens (tertiary/aromatic N) is 2. The molecule has 2 saturated heterocycles. The van der Waals surface area contributed by atoms with Crippen molar-refractivity contribution in [2.75, 3.05) is 19.7 Å². The first kappa shape index (κ1) is 17.3. The molecule has 0 aromatic carbocycles. The number of carbonyl (C=O) groups is 1. The first-order valence-corrected chi connectivity index (χ1v) is 9.10. The van der Waals surface area contributed by atoms with E-state index in [9.17, 15) is 4.79 Å². The molecule has 3 heterocycles. The molecule has 2 fully saturated rings. The Morgan fingerprint density at radius 2 is 2.08 bits per heavy atom. The van der Waals surface area contributed by atoms with Crippen molar-refractivity contribution < 1.29 is 9.53 Å². The van der Waals surface area contributed by atoms with E-state index in [1.54, 1.807) is 6.20 Å². The number of aromatic nitrogens is 2. The molecule has 2 amide bonds. The Hall–Kier alpha value is -1.56. The van der Waals surface area contributed by atoms with Crippen LogP contribution >= 0.6 is 0 Å². The predicted octanol–water partition coefficient (Wildman–Crippen LogP) is 2.89. The topological polar surface area (TPSA) is 70.2 Å². The number of imidazole rings is 1. The number of ether oxygens (including phenoxy) is 1. The molecule has 0 aliphatic carbocycles. The maximum Gasteiger partial charge on any atom is 0.317 e. The van der Waals surface area contributed by atoms with Crippen molar-refractivity contribution >= 4 is 6.03 Å². The van der Waals surface area contributed by atoms with Crippen LogP contribution in [0.1, 0.15) is 58.2 Å². The first-order valence-electron chi connectivity index (χ1n) is 9.10. The fourth-order valence-electron chi connectivity index (χ4n) is 3.65. The molecule has 0 radical (unpaired) electrons. The SMILES string of the molecule is CC(C)(C)C1CC(NC(=O)N2CCC(c3ncc[nH]3)CC2)CCO1. The van der Waals surface area contributed by atoms with Gasteiger partial charge in [0.15, 0.2) is 0 Å². The van der Waals surface area contributed by atoms with Gasteiger partial charge in [-0.1, -0.05) is 20.8 Å². The smallest absolute Gasteiger partial charge is 0.317 e. The van der Waals surface area contributed by atoms with Gasteiger partial charge >= 0.3 is 6.03 Å². The Kier molecular flexibility index (Phi) is 5.13. The number of amides is 2. The van der Waals surface area contributed by atoms with Crippen LogP contribution in [0.15, 0.2) is 12.4 Å². The van der Waals surface area contributed by atoms with Crippen molar-refractivity contribution in [1.82, 2.24) is 20.2 Å². The van der Waals surface area contributed by atoms with Crippen LogP contribution in [-0.4, -0.2) is 52.7 Å². The normalized spacial score (nSPS) is 26.4. The molecule has 2 aliphatic rings. The highest BCUT2D eigenvalue weighted by Gasteiger charge is 2.33. The van der Waals surface area contributed by atoms with Gasteiger partial charge in [-0.3, -0.25) is 0 Å². The van der Waals surface area contributed by atoms with Gasteiger partial charge in [0.2, 0.25) is 0 Å². The summed E-state index contributed by atoms with van der Waals surface area (Å²) in [5.74, 6) is 1.49. The largest absolute Gasteiger partial charge is 0.378 e. The molecular weight excluding hydrogens is 304 g/mol. The van der Waals surface area contributed by atoms with Gasteiger partial charge < -0.3 is 19.9 Å². The third kappa shape index (κ3) is 4.09. The lowest BCUT2D eigenvalue weighted by Crippen LogP contribution is -2.51. The number of H-pyrrole nitrogens is 1. The lowest BCUT2D eigenvalue weighted by molar-refractivity contribution is -0.0570. The van der Waals surface area contributed by atoms with Gasteiger partial charge in [-0.15, -0.1) is 0 Å². The summed E-state index contributed by atoms with van der Waals surface area (Å²) in [7, 11) is 0. The second-order valence-corrected chi connectivity index (χ2v) is 8.13. The van der Waals surface area contributed by atoms with Crippen LogP contribution < -0.4 is 5.32 Å². The van der Waals surface area contributed by atoms with Crippen molar-refractivity contribution in [3.63, 3.8) is 0 Å². The lowest BCUT2D eigenvalue weighted by Gasteiger charge is -2.39. The Morgan fingerprint density at radius 3 is 2.71 bits per heavy atom. The van der Waals surface area contributed by atoms with E-state index < -0.39 is 0 Å². The third-order valence-electron chi connectivity index (χ3n) is 5.27. The summed E-state index contributed by atoms with van der Waals surface area (Å²) in [5.41, 5.74) is 0.116. The third-order valence-corrected chi connectivity index (χ3v) is 5.27. The number of hydrogen-bond donors (Lipinski definition) is 2. The summed E-state index contributed by atoms with van der Waals surface area (Å²) in [4.78, 5) is 22.0. The molecule has 1 aromatic rings. The molecule has 1 aromatic heterocycles. The number of aromatic amines is 1. The zero-order chi connectivity index (χ0) is 17.2. The van der Waals surface area contributed by atoms with Gasteiger partial charge in [0.25, 0.3) is 0 Å². The van der Waals surface area contributed by atoms with Gasteiger partial charge in [-0.2, -0.15) is 0 Å². The van der Waals surface area contributed by atoms with E-state index in [1.165, 1.54) is 0 Å². The Balaban J connectivity index is 1.47. The highest BCUT2D eigenvalue weighted by atomic mass is 16.5. The van der Waals surface area contributed by atoms with Gasteiger partial charge in [0.05, 0.1) is 6.10 Å². The van der Waals surface area contributed by atoms with E-state index in [2.05, 4.69) is 36.1 Å². The van der Waals surface area contributed by atoms with Gasteiger partial charge in [-0.05, 0) is 31.1 Å². The fourth-order valence-corrected chi connectivity index (χ4v) is 3.65. The molecule has 6 heteroatoms. The van der Waals surface area contributed by atoms with Crippen LogP contribution in [0.4, 0.5) is 4.79 Å². The molecule has 6 nitrogen and oxygen atoms in total. The summed E-state index contributed by atoms with van der Waals surface area (Å²) in [6.07, 6.45) is 7.62. The molecule has 2 aliphatic heterocycles. The number of hydrogen-bond acceptors (Lipinski definition) is 3. The monoisotopic (exact) mass is 334 g/mol. The number of urea groups is 1. The number of nitrogens with one attached hydrogen (secondary N) is 2. The van der Waals surface area contributed by atoms with E-state index in [0.717, 1.165) is 51.2 Å². The van der Waals surface area contributed by atoms with Crippen LogP contribution in [0, 0.1) is 5.41 Å². The maximum atomic E-state index is 12.6. The summed E-state index contributed by atoms with van der Waals surface area (Å²) < 4.78 is 5.88. The molecule has 0 saturated carbocycles. The van der Waals surface area contributed by atoms with Crippen LogP contribution in [0.3, 0.4) is 0 Å². The van der Waals surface area contributed by atoms with E-state index in [4.69, 9.17) is 4.74 Å². The lowest BCUT2D eigenvalue weighted by atomic mass is 9.83. The fraction of sp³-hybridized carbons (Fsp3) is 0.778. The van der Waals surface area contributed by atoms with Crippen LogP contribution in [0.25, 0.3) is 0 Å². The Bertz CT molecular complexity index is 530. The maximum absolute atomic E-state index is 12.6. The minimum absolute atomic E-state index is 0.0763. The van der Waals surface area contributed by atoms with Gasteiger partial charge in [0.1, 0.15) is 5.82 Å². The average Bonchev–Trinajstić information content (AvgIpc) is 3.09. The van der Waals surface area contributed by atoms with Crippen LogP contribution in [0.5, 0.6) is 0 Å². The molecule has 2 atom stereocenters. The van der Waals surface area contributed by atoms with Crippen molar-refractivity contribution in [2.45, 2.75) is 64.5 Å². The molecule has 2 N–H and O–H groups in total. The summed E-state index contributed by atoms with van der Waals surface area (Å²) >= 11 is 0. The van der Waals surface area contributed by atoms with E-state index in [1.807, 2.05) is 11.1 Å². The summed E-state index contributed by atoms with van der Waals surface area (Å²) in [6.45, 7) is 8.91. The molecule has 3 rings (SSSR count). The molecule has 0 spiro atoms. The van der Waals surface area contributed by atoms with Gasteiger partial charge in [-0.25, -0.2) is 9.78 Å². The zero-order valence-corrected chi connectivity index (χ0v) is 15.0. The highest BCUT2D eigenvalue weighted by Crippen LogP contribution is 2.30. The second-order valence-electron chi connectivity index (χ2n) is 8.13. The van der Waals surface area contributed by atoms with E-state index >= 15 is 0 Å². The minimum atomic E-state index is 0.0763. The quantitative estimate of drug-likeness (QED) is 0.874. The second kappa shape index (κ2) is 7.13. The molecular formula is C18H30N4O2. The van der Waals surface area contributed by atoms with Crippen LogP contribution in [0.2, 0.25) is 0 Å².